The number of carbonyl (C=O) groups excluding carboxylic acids is 1. The van der Waals surface area contributed by atoms with Gasteiger partial charge in [0.1, 0.15) is 19.2 Å². The molecule has 0 aliphatic heterocycles. The van der Waals surface area contributed by atoms with Gasteiger partial charge in [0.05, 0.1) is 27.1 Å². The Kier molecular flexibility index (Phi) is 7.07. The van der Waals surface area contributed by atoms with Gasteiger partial charge < -0.3 is 19.5 Å². The van der Waals surface area contributed by atoms with Crippen LogP contribution in [0.15, 0.2) is 5.57 Å². The van der Waals surface area contributed by atoms with E-state index in [-0.39, 0.29) is 6.61 Å². The summed E-state index contributed by atoms with van der Waals surface area (Å²) in [6.45, 7) is 8.71. The molecule has 0 aliphatic rings. The molecule has 0 aliphatic carbocycles. The summed E-state index contributed by atoms with van der Waals surface area (Å²) in [6, 6.07) is 1.48. The van der Waals surface area contributed by atoms with Crippen LogP contribution in [0.2, 0.25) is 0 Å². The normalized spacial score (nSPS) is 9.78. The highest BCUT2D eigenvalue weighted by Crippen LogP contribution is 2.00. The minimum Gasteiger partial charge on any atom is -0.762 e. The molecule has 96 valence electrons. The number of carbonyl (C=O) groups is 1. The Hall–Kier alpha value is -2.14. The summed E-state index contributed by atoms with van der Waals surface area (Å²) in [5.74, 6) is 0.610. The molecule has 0 saturated carbocycles. The molecule has 18 heavy (non-hydrogen) atoms. The van der Waals surface area contributed by atoms with Crippen LogP contribution >= 0.6 is 0 Å². The fourth-order valence-electron chi connectivity index (χ4n) is 1.26. The smallest absolute Gasteiger partial charge is 0.355 e. The van der Waals surface area contributed by atoms with Crippen molar-refractivity contribution in [2.24, 2.45) is 0 Å². The van der Waals surface area contributed by atoms with E-state index in [1.807, 2.05) is 14.1 Å². The van der Waals surface area contributed by atoms with Gasteiger partial charge in [-0.1, -0.05) is 0 Å². The number of hydrogen-bond donors (Lipinski definition) is 0. The Labute approximate surface area is 107 Å². The Morgan fingerprint density at radius 1 is 1.50 bits per heavy atom. The van der Waals surface area contributed by atoms with Gasteiger partial charge >= 0.3 is 5.97 Å². The molecule has 0 N–H and O–H groups in total. The molecule has 0 spiro atoms. The van der Waals surface area contributed by atoms with E-state index in [9.17, 15) is 4.79 Å². The molecule has 6 nitrogen and oxygen atoms in total. The van der Waals surface area contributed by atoms with Crippen molar-refractivity contribution >= 4 is 11.8 Å². The van der Waals surface area contributed by atoms with Gasteiger partial charge in [-0.05, 0) is 0 Å². The molecule has 0 fully saturated rings. The molecule has 0 rings (SSSR count). The number of rotatable bonds is 7. The van der Waals surface area contributed by atoms with Crippen LogP contribution in [0.3, 0.4) is 0 Å². The van der Waals surface area contributed by atoms with Gasteiger partial charge in [0.25, 0.3) is 0 Å². The average molecular weight is 248 g/mol. The average Bonchev–Trinajstić information content (AvgIpc) is 2.30. The van der Waals surface area contributed by atoms with Gasteiger partial charge in [-0.15, -0.1) is 0 Å². The minimum atomic E-state index is -0.874. The van der Waals surface area contributed by atoms with Gasteiger partial charge in [-0.25, -0.2) is 17.2 Å². The SMILES string of the molecule is [C-]#[N+]CCC[N+](C)(C)CCOC(=O)C(=C=[N-])C#N. The van der Waals surface area contributed by atoms with Crippen molar-refractivity contribution < 1.29 is 14.0 Å². The second-order valence-corrected chi connectivity index (χ2v) is 4.35. The first-order chi connectivity index (χ1) is 8.46. The van der Waals surface area contributed by atoms with E-state index in [1.54, 1.807) is 0 Å². The third kappa shape index (κ3) is 6.44. The molecular weight excluding hydrogens is 232 g/mol. The maximum Gasteiger partial charge on any atom is 0.355 e. The Morgan fingerprint density at radius 2 is 2.17 bits per heavy atom. The van der Waals surface area contributed by atoms with Crippen molar-refractivity contribution in [1.82, 2.24) is 0 Å². The van der Waals surface area contributed by atoms with Gasteiger partial charge in [-0.3, -0.25) is 0 Å². The first kappa shape index (κ1) is 15.9. The topological polar surface area (TPSA) is 76.8 Å². The maximum atomic E-state index is 11.2. The van der Waals surface area contributed by atoms with Gasteiger partial charge in [0, 0.05) is 0 Å². The fraction of sp³-hybridized carbons (Fsp3) is 0.583. The van der Waals surface area contributed by atoms with Crippen molar-refractivity contribution in [3.05, 3.63) is 22.4 Å². The maximum absolute atomic E-state index is 11.2. The summed E-state index contributed by atoms with van der Waals surface area (Å²) in [5.41, 5.74) is -0.534. The number of hydrogen-bond acceptors (Lipinski definition) is 3. The first-order valence-electron chi connectivity index (χ1n) is 5.46. The Balaban J connectivity index is 4.04. The molecule has 0 radical (unpaired) electrons. The van der Waals surface area contributed by atoms with Gasteiger partial charge in [0.15, 0.2) is 5.57 Å². The summed E-state index contributed by atoms with van der Waals surface area (Å²) in [4.78, 5) is 14.5. The van der Waals surface area contributed by atoms with Crippen LogP contribution in [0.25, 0.3) is 10.3 Å². The van der Waals surface area contributed by atoms with Crippen molar-refractivity contribution in [3.8, 4) is 6.07 Å². The summed E-state index contributed by atoms with van der Waals surface area (Å²) < 4.78 is 5.45. The van der Waals surface area contributed by atoms with E-state index in [0.29, 0.717) is 17.6 Å². The molecule has 0 atom stereocenters. The van der Waals surface area contributed by atoms with E-state index in [1.165, 1.54) is 11.9 Å². The standard InChI is InChI=1S/C12H16N4O2/c1-15-5-4-6-16(2,3)7-8-18-12(17)11(9-13)10-14/h4-8H2,2-3H3. The second kappa shape index (κ2) is 8.03. The number of likely N-dealkylation sites (N-methyl/N-ethyl adjacent to an activating group) is 1. The van der Waals surface area contributed by atoms with Crippen LogP contribution in [0.1, 0.15) is 6.42 Å². The summed E-state index contributed by atoms with van der Waals surface area (Å²) >= 11 is 0. The molecular formula is C12H16N4O2. The zero-order valence-corrected chi connectivity index (χ0v) is 10.6. The van der Waals surface area contributed by atoms with Crippen molar-refractivity contribution in [2.45, 2.75) is 6.42 Å². The second-order valence-electron chi connectivity index (χ2n) is 4.35. The molecule has 0 bridgehead atoms. The predicted octanol–water partition coefficient (Wildman–Crippen LogP) is 0.604. The molecule has 0 aromatic heterocycles. The first-order valence-corrected chi connectivity index (χ1v) is 5.46. The van der Waals surface area contributed by atoms with Crippen molar-refractivity contribution in [3.63, 3.8) is 0 Å². The summed E-state index contributed by atoms with van der Waals surface area (Å²) in [7, 11) is 3.94. The van der Waals surface area contributed by atoms with Crippen LogP contribution < -0.4 is 0 Å². The van der Waals surface area contributed by atoms with Crippen LogP contribution in [-0.2, 0) is 9.53 Å². The zero-order valence-electron chi connectivity index (χ0n) is 10.6. The third-order valence-corrected chi connectivity index (χ3v) is 2.39. The van der Waals surface area contributed by atoms with Crippen LogP contribution in [0.5, 0.6) is 0 Å². The number of nitriles is 1. The largest absolute Gasteiger partial charge is 0.762 e. The molecule has 0 amide bonds. The monoisotopic (exact) mass is 248 g/mol. The Morgan fingerprint density at radius 3 is 2.67 bits per heavy atom. The van der Waals surface area contributed by atoms with Gasteiger partial charge in [-0.2, -0.15) is 5.26 Å². The van der Waals surface area contributed by atoms with Crippen molar-refractivity contribution in [1.29, 1.82) is 5.26 Å². The lowest BCUT2D eigenvalue weighted by atomic mass is 10.3. The van der Waals surface area contributed by atoms with E-state index in [2.05, 4.69) is 4.85 Å². The highest BCUT2D eigenvalue weighted by Gasteiger charge is 2.17. The minimum absolute atomic E-state index is 0.150. The van der Waals surface area contributed by atoms with E-state index < -0.39 is 11.5 Å². The van der Waals surface area contributed by atoms with E-state index >= 15 is 0 Å². The van der Waals surface area contributed by atoms with Crippen LogP contribution in [0.4, 0.5) is 0 Å². The lowest BCUT2D eigenvalue weighted by Gasteiger charge is -2.28. The summed E-state index contributed by atoms with van der Waals surface area (Å²) in [5, 5.41) is 16.9. The fourth-order valence-corrected chi connectivity index (χ4v) is 1.26. The van der Waals surface area contributed by atoms with Crippen molar-refractivity contribution in [2.75, 3.05) is 40.3 Å². The van der Waals surface area contributed by atoms with Crippen LogP contribution in [0, 0.1) is 17.9 Å². The molecule has 0 aromatic carbocycles. The molecule has 0 unspecified atom stereocenters. The molecule has 6 heteroatoms. The van der Waals surface area contributed by atoms with E-state index in [4.69, 9.17) is 22.0 Å². The highest BCUT2D eigenvalue weighted by atomic mass is 16.5. The zero-order chi connectivity index (χ0) is 14.0. The lowest BCUT2D eigenvalue weighted by molar-refractivity contribution is -0.890. The van der Waals surface area contributed by atoms with Gasteiger partial charge in [0.2, 0.25) is 6.54 Å². The number of quaternary nitrogens is 1. The highest BCUT2D eigenvalue weighted by molar-refractivity contribution is 6.02. The lowest BCUT2D eigenvalue weighted by Crippen LogP contribution is -2.43. The molecule has 0 aromatic rings. The summed E-state index contributed by atoms with van der Waals surface area (Å²) in [6.07, 6.45) is 0.790. The Bertz CT molecular complexity index is 422. The number of esters is 1. The number of nitrogens with zero attached hydrogens (tertiary/aromatic N) is 4. The van der Waals surface area contributed by atoms with E-state index in [0.717, 1.165) is 13.0 Å². The van der Waals surface area contributed by atoms with Crippen LogP contribution in [-0.4, -0.2) is 56.7 Å². The quantitative estimate of drug-likeness (QED) is 0.126. The third-order valence-electron chi connectivity index (χ3n) is 2.39. The molecule has 0 heterocycles. The molecule has 0 saturated heterocycles. The number of ether oxygens (including phenoxy) is 1. The predicted molar refractivity (Wildman–Crippen MR) is 66.4 cm³/mol.